The Labute approximate surface area is 167 Å². The molecule has 0 aliphatic carbocycles. The summed E-state index contributed by atoms with van der Waals surface area (Å²) >= 11 is 6.14. The van der Waals surface area contributed by atoms with Crippen LogP contribution < -0.4 is 14.9 Å². The van der Waals surface area contributed by atoms with Gasteiger partial charge in [-0.3, -0.25) is 4.72 Å². The molecule has 1 aromatic carbocycles. The average molecular weight is 409 g/mol. The Kier molecular flexibility index (Phi) is 5.54. The first kappa shape index (κ1) is 20.1. The lowest BCUT2D eigenvalue weighted by Crippen LogP contribution is -2.41. The lowest BCUT2D eigenvalue weighted by atomic mass is 9.80. The Hall–Kier alpha value is -1.61. The molecule has 0 bridgehead atoms. The number of nitrogens with one attached hydrogen (secondary N) is 1. The molecular formula is C18H22BClN2O4S. The summed E-state index contributed by atoms with van der Waals surface area (Å²) in [4.78, 5) is 4.65. The van der Waals surface area contributed by atoms with Crippen LogP contribution >= 0.6 is 11.6 Å². The zero-order valence-corrected chi connectivity index (χ0v) is 17.5. The number of para-hydroxylation sites is 1. The number of anilines is 1. The van der Waals surface area contributed by atoms with Crippen molar-refractivity contribution in [2.24, 2.45) is 0 Å². The van der Waals surface area contributed by atoms with Crippen LogP contribution in [0.25, 0.3) is 0 Å². The molecule has 1 aliphatic heterocycles. The molecule has 1 fully saturated rings. The smallest absolute Gasteiger partial charge is 0.480 e. The molecule has 2 aromatic rings. The number of benzene rings is 1. The van der Waals surface area contributed by atoms with E-state index in [0.717, 1.165) is 0 Å². The summed E-state index contributed by atoms with van der Waals surface area (Å²) in [5, 5.41) is 0.472. The van der Waals surface area contributed by atoms with Crippen molar-refractivity contribution in [2.45, 2.75) is 43.8 Å². The maximum absolute atomic E-state index is 12.9. The van der Waals surface area contributed by atoms with Crippen LogP contribution in [0.15, 0.2) is 41.4 Å². The third-order valence-corrected chi connectivity index (χ3v) is 6.26. The van der Waals surface area contributed by atoms with E-state index in [4.69, 9.17) is 25.6 Å². The van der Waals surface area contributed by atoms with Crippen LogP contribution in [0.1, 0.15) is 27.7 Å². The van der Waals surface area contributed by atoms with Gasteiger partial charge in [0.25, 0.3) is 0 Å². The zero-order chi connectivity index (χ0) is 19.8. The standard InChI is InChI=1S/C18H22BClN2O4S/c1-17(2)18(3,4)26-19(25-17)12-10-15(16(24-5)21-11-12)27(23)22-14-9-7-6-8-13(14)20/h6-11,22H,1-5H3. The van der Waals surface area contributed by atoms with Gasteiger partial charge >= 0.3 is 7.12 Å². The number of hydrogen-bond acceptors (Lipinski definition) is 5. The van der Waals surface area contributed by atoms with Crippen LogP contribution in [-0.2, 0) is 20.3 Å². The van der Waals surface area contributed by atoms with Gasteiger partial charge in [0.1, 0.15) is 4.90 Å². The molecule has 0 amide bonds. The fourth-order valence-corrected chi connectivity index (χ4v) is 3.80. The number of methoxy groups -OCH3 is 1. The van der Waals surface area contributed by atoms with Gasteiger partial charge in [-0.25, -0.2) is 9.19 Å². The number of aromatic nitrogens is 1. The lowest BCUT2D eigenvalue weighted by molar-refractivity contribution is 0.00578. The molecule has 0 radical (unpaired) electrons. The minimum atomic E-state index is -1.64. The first-order chi connectivity index (χ1) is 12.6. The highest BCUT2D eigenvalue weighted by molar-refractivity contribution is 7.86. The van der Waals surface area contributed by atoms with Gasteiger partial charge in [-0.1, -0.05) is 23.7 Å². The molecule has 144 valence electrons. The monoisotopic (exact) mass is 408 g/mol. The van der Waals surface area contributed by atoms with E-state index in [-0.39, 0.29) is 5.88 Å². The maximum Gasteiger partial charge on any atom is 0.496 e. The van der Waals surface area contributed by atoms with Gasteiger partial charge in [-0.05, 0) is 45.9 Å². The molecular weight excluding hydrogens is 387 g/mol. The zero-order valence-electron chi connectivity index (χ0n) is 15.9. The highest BCUT2D eigenvalue weighted by Gasteiger charge is 2.52. The van der Waals surface area contributed by atoms with Crippen LogP contribution in [-0.4, -0.2) is 34.6 Å². The van der Waals surface area contributed by atoms with Gasteiger partial charge in [0.15, 0.2) is 11.0 Å². The molecule has 1 aliphatic rings. The van der Waals surface area contributed by atoms with E-state index < -0.39 is 29.3 Å². The van der Waals surface area contributed by atoms with Crippen molar-refractivity contribution in [3.63, 3.8) is 0 Å². The fourth-order valence-electron chi connectivity index (χ4n) is 2.54. The third-order valence-electron chi connectivity index (χ3n) is 4.83. The van der Waals surface area contributed by atoms with Crippen molar-refractivity contribution >= 4 is 40.9 Å². The summed E-state index contributed by atoms with van der Waals surface area (Å²) in [7, 11) is -0.766. The van der Waals surface area contributed by atoms with Crippen molar-refractivity contribution in [2.75, 3.05) is 11.8 Å². The van der Waals surface area contributed by atoms with E-state index in [9.17, 15) is 4.21 Å². The lowest BCUT2D eigenvalue weighted by Gasteiger charge is -2.32. The first-order valence-corrected chi connectivity index (χ1v) is 10.00. The van der Waals surface area contributed by atoms with E-state index in [0.29, 0.717) is 21.1 Å². The summed E-state index contributed by atoms with van der Waals surface area (Å²) in [5.74, 6) is 0.258. The van der Waals surface area contributed by atoms with E-state index in [1.165, 1.54) is 7.11 Å². The molecule has 0 saturated carbocycles. The highest BCUT2D eigenvalue weighted by Crippen LogP contribution is 2.36. The number of hydrogen-bond donors (Lipinski definition) is 1. The SMILES string of the molecule is COc1ncc(B2OC(C)(C)C(C)(C)O2)cc1S(=O)Nc1ccccc1Cl. The predicted octanol–water partition coefficient (Wildman–Crippen LogP) is 3.18. The minimum absolute atomic E-state index is 0.258. The Morgan fingerprint density at radius 2 is 1.81 bits per heavy atom. The summed E-state index contributed by atoms with van der Waals surface area (Å²) in [6.45, 7) is 7.90. The van der Waals surface area contributed by atoms with Crippen LogP contribution in [0.4, 0.5) is 5.69 Å². The second-order valence-electron chi connectivity index (χ2n) is 7.21. The number of nitrogens with zero attached hydrogens (tertiary/aromatic N) is 1. The summed E-state index contributed by atoms with van der Waals surface area (Å²) in [5.41, 5.74) is 0.263. The molecule has 1 unspecified atom stereocenters. The van der Waals surface area contributed by atoms with E-state index >= 15 is 0 Å². The quantitative estimate of drug-likeness (QED) is 0.770. The predicted molar refractivity (Wildman–Crippen MR) is 108 cm³/mol. The van der Waals surface area contributed by atoms with Crippen molar-refractivity contribution < 1.29 is 18.3 Å². The molecule has 1 N–H and O–H groups in total. The van der Waals surface area contributed by atoms with Crippen LogP contribution in [0.5, 0.6) is 5.88 Å². The van der Waals surface area contributed by atoms with Crippen LogP contribution in [0, 0.1) is 0 Å². The van der Waals surface area contributed by atoms with Gasteiger partial charge in [0, 0.05) is 11.7 Å². The molecule has 2 heterocycles. The van der Waals surface area contributed by atoms with E-state index in [1.54, 1.807) is 30.5 Å². The van der Waals surface area contributed by atoms with E-state index in [2.05, 4.69) is 9.71 Å². The Bertz CT molecular complexity index is 862. The van der Waals surface area contributed by atoms with Crippen molar-refractivity contribution in [3.05, 3.63) is 41.6 Å². The molecule has 3 rings (SSSR count). The molecule has 1 atom stereocenters. The van der Waals surface area contributed by atoms with Crippen molar-refractivity contribution in [1.29, 1.82) is 0 Å². The minimum Gasteiger partial charge on any atom is -0.480 e. The van der Waals surface area contributed by atoms with Gasteiger partial charge in [0.05, 0.1) is 29.0 Å². The van der Waals surface area contributed by atoms with Gasteiger partial charge in [-0.15, -0.1) is 0 Å². The average Bonchev–Trinajstić information content (AvgIpc) is 2.84. The second kappa shape index (κ2) is 7.43. The van der Waals surface area contributed by atoms with Crippen molar-refractivity contribution in [3.8, 4) is 5.88 Å². The summed E-state index contributed by atoms with van der Waals surface area (Å²) in [6.07, 6.45) is 1.61. The molecule has 1 aromatic heterocycles. The van der Waals surface area contributed by atoms with E-state index in [1.807, 2.05) is 33.8 Å². The number of ether oxygens (including phenoxy) is 1. The first-order valence-electron chi connectivity index (χ1n) is 8.47. The third kappa shape index (κ3) is 3.99. The maximum atomic E-state index is 12.9. The van der Waals surface area contributed by atoms with Gasteiger partial charge < -0.3 is 14.0 Å². The number of halogens is 1. The molecule has 27 heavy (non-hydrogen) atoms. The summed E-state index contributed by atoms with van der Waals surface area (Å²) in [6, 6.07) is 8.79. The molecule has 1 saturated heterocycles. The molecule has 6 nitrogen and oxygen atoms in total. The molecule has 0 spiro atoms. The highest BCUT2D eigenvalue weighted by atomic mass is 35.5. The summed E-state index contributed by atoms with van der Waals surface area (Å²) < 4.78 is 33.2. The van der Waals surface area contributed by atoms with Crippen molar-refractivity contribution in [1.82, 2.24) is 4.98 Å². The molecule has 9 heteroatoms. The number of pyridine rings is 1. The van der Waals surface area contributed by atoms with Gasteiger partial charge in [0.2, 0.25) is 5.88 Å². The number of rotatable bonds is 5. The van der Waals surface area contributed by atoms with Gasteiger partial charge in [-0.2, -0.15) is 0 Å². The topological polar surface area (TPSA) is 69.7 Å². The second-order valence-corrected chi connectivity index (χ2v) is 8.80. The normalized spacial score (nSPS) is 19.0. The Morgan fingerprint density at radius 3 is 2.41 bits per heavy atom. The fraction of sp³-hybridized carbons (Fsp3) is 0.389. The van der Waals surface area contributed by atoms with Crippen LogP contribution in [0.3, 0.4) is 0 Å². The Balaban J connectivity index is 1.91. The largest absolute Gasteiger partial charge is 0.496 e. The Morgan fingerprint density at radius 1 is 1.19 bits per heavy atom. The van der Waals surface area contributed by atoms with Crippen LogP contribution in [0.2, 0.25) is 5.02 Å².